The Bertz CT molecular complexity index is 286. The van der Waals surface area contributed by atoms with E-state index >= 15 is 0 Å². The zero-order valence-electron chi connectivity index (χ0n) is 7.01. The third-order valence-corrected chi connectivity index (χ3v) is 2.58. The highest BCUT2D eigenvalue weighted by Gasteiger charge is 2.08. The summed E-state index contributed by atoms with van der Waals surface area (Å²) in [4.78, 5) is 4.50. The number of anilines is 1. The summed E-state index contributed by atoms with van der Waals surface area (Å²) >= 11 is 0. The summed E-state index contributed by atoms with van der Waals surface area (Å²) < 4.78 is 0. The van der Waals surface area contributed by atoms with Crippen molar-refractivity contribution in [1.82, 2.24) is 4.98 Å². The maximum absolute atomic E-state index is 4.50. The van der Waals surface area contributed by atoms with E-state index in [4.69, 9.17) is 0 Å². The molecule has 0 saturated carbocycles. The van der Waals surface area contributed by atoms with Crippen LogP contribution in [0.5, 0.6) is 0 Å². The lowest BCUT2D eigenvalue weighted by Gasteiger charge is -2.16. The zero-order chi connectivity index (χ0) is 8.39. The van der Waals surface area contributed by atoms with Gasteiger partial charge in [0.25, 0.3) is 0 Å². The maximum atomic E-state index is 4.50. The van der Waals surface area contributed by atoms with Crippen molar-refractivity contribution in [3.05, 3.63) is 23.4 Å². The number of hydrogen-bond donors (Lipinski definition) is 1. The topological polar surface area (TPSA) is 24.9 Å². The first kappa shape index (κ1) is 8.00. The monoisotopic (exact) mass is 180 g/mol. The molecule has 0 saturated heterocycles. The fourth-order valence-corrected chi connectivity index (χ4v) is 1.71. The van der Waals surface area contributed by atoms with Gasteiger partial charge in [0.15, 0.2) is 0 Å². The molecule has 12 heavy (non-hydrogen) atoms. The van der Waals surface area contributed by atoms with E-state index < -0.39 is 0 Å². The van der Waals surface area contributed by atoms with Crippen LogP contribution < -0.4 is 5.32 Å². The van der Waals surface area contributed by atoms with Gasteiger partial charge in [0.1, 0.15) is 5.82 Å². The third kappa shape index (κ3) is 1.44. The minimum Gasteiger partial charge on any atom is -0.370 e. The summed E-state index contributed by atoms with van der Waals surface area (Å²) in [5, 5.41) is 3.32. The molecule has 0 spiro atoms. The number of hydrogen-bond acceptors (Lipinski definition) is 2. The Labute approximate surface area is 75.0 Å². The van der Waals surface area contributed by atoms with Crippen molar-refractivity contribution in [3.63, 3.8) is 0 Å². The van der Waals surface area contributed by atoms with E-state index in [0.29, 0.717) is 0 Å². The molecule has 0 aromatic carbocycles. The Balaban J connectivity index is 2.36. The fourth-order valence-electron chi connectivity index (χ4n) is 1.48. The molecule has 0 amide bonds. The number of aryl methyl sites for hydroxylation is 1. The largest absolute Gasteiger partial charge is 0.370 e. The molecule has 2 heterocycles. The third-order valence-electron chi connectivity index (χ3n) is 2.16. The highest BCUT2D eigenvalue weighted by molar-refractivity contribution is 7.15. The minimum absolute atomic E-state index is 0.939. The van der Waals surface area contributed by atoms with Crippen molar-refractivity contribution in [3.8, 4) is 0 Å². The van der Waals surface area contributed by atoms with Crippen LogP contribution in [0.25, 0.3) is 0 Å². The second-order valence-electron chi connectivity index (χ2n) is 3.04. The van der Waals surface area contributed by atoms with E-state index in [1.165, 1.54) is 18.4 Å². The quantitative estimate of drug-likeness (QED) is 0.667. The average molecular weight is 180 g/mol. The standard InChI is InChI=1S/C9H13N2P/c12-6-8-4-3-7-2-1-5-10-9(7)11-8/h3-4H,1-2,5-6,12H2,(H,10,11). The second kappa shape index (κ2) is 3.40. The molecule has 2 nitrogen and oxygen atoms in total. The summed E-state index contributed by atoms with van der Waals surface area (Å²) in [6.45, 7) is 1.07. The molecule has 0 aliphatic carbocycles. The number of aromatic nitrogens is 1. The van der Waals surface area contributed by atoms with E-state index in [9.17, 15) is 0 Å². The van der Waals surface area contributed by atoms with Gasteiger partial charge in [-0.25, -0.2) is 4.98 Å². The highest BCUT2D eigenvalue weighted by Crippen LogP contribution is 2.20. The number of rotatable bonds is 1. The lowest BCUT2D eigenvalue weighted by Crippen LogP contribution is -2.13. The van der Waals surface area contributed by atoms with Gasteiger partial charge in [-0.3, -0.25) is 0 Å². The van der Waals surface area contributed by atoms with Crippen LogP contribution in [0.15, 0.2) is 12.1 Å². The zero-order valence-corrected chi connectivity index (χ0v) is 8.16. The summed E-state index contributed by atoms with van der Waals surface area (Å²) in [5.74, 6) is 1.10. The SMILES string of the molecule is PCc1ccc2c(n1)NCCC2. The van der Waals surface area contributed by atoms with Gasteiger partial charge >= 0.3 is 0 Å². The second-order valence-corrected chi connectivity index (χ2v) is 3.45. The van der Waals surface area contributed by atoms with Crippen molar-refractivity contribution in [2.24, 2.45) is 0 Å². The molecule has 1 aliphatic rings. The first-order chi connectivity index (χ1) is 5.90. The van der Waals surface area contributed by atoms with E-state index in [0.717, 1.165) is 24.2 Å². The molecule has 1 aromatic rings. The number of pyridine rings is 1. The number of fused-ring (bicyclic) bond motifs is 1. The van der Waals surface area contributed by atoms with Gasteiger partial charge < -0.3 is 5.32 Å². The first-order valence-corrected chi connectivity index (χ1v) is 5.14. The lowest BCUT2D eigenvalue weighted by atomic mass is 10.1. The fraction of sp³-hybridized carbons (Fsp3) is 0.444. The predicted molar refractivity (Wildman–Crippen MR) is 54.5 cm³/mol. The van der Waals surface area contributed by atoms with E-state index in [1.54, 1.807) is 0 Å². The Hall–Kier alpha value is -0.620. The Morgan fingerprint density at radius 1 is 1.50 bits per heavy atom. The molecule has 1 N–H and O–H groups in total. The summed E-state index contributed by atoms with van der Waals surface area (Å²) in [6.07, 6.45) is 3.34. The van der Waals surface area contributed by atoms with Crippen LogP contribution in [-0.2, 0) is 12.6 Å². The molecule has 1 unspecified atom stereocenters. The summed E-state index contributed by atoms with van der Waals surface area (Å²) in [5.41, 5.74) is 2.51. The molecule has 0 bridgehead atoms. The molecule has 0 radical (unpaired) electrons. The van der Waals surface area contributed by atoms with E-state index in [-0.39, 0.29) is 0 Å². The molecule has 0 fully saturated rings. The van der Waals surface area contributed by atoms with Gasteiger partial charge in [0.05, 0.1) is 0 Å². The molecule has 1 aromatic heterocycles. The Morgan fingerprint density at radius 3 is 3.25 bits per heavy atom. The summed E-state index contributed by atoms with van der Waals surface area (Å²) in [7, 11) is 2.70. The normalized spacial score (nSPS) is 15.1. The molecular weight excluding hydrogens is 167 g/mol. The van der Waals surface area contributed by atoms with Crippen LogP contribution in [0.4, 0.5) is 5.82 Å². The van der Waals surface area contributed by atoms with Crippen LogP contribution in [0.3, 0.4) is 0 Å². The smallest absolute Gasteiger partial charge is 0.129 e. The molecule has 1 atom stereocenters. The lowest BCUT2D eigenvalue weighted by molar-refractivity contribution is 0.814. The molecule has 3 heteroatoms. The highest BCUT2D eigenvalue weighted by atomic mass is 31.0. The van der Waals surface area contributed by atoms with Crippen molar-refractivity contribution in [2.75, 3.05) is 11.9 Å². The Kier molecular flexibility index (Phi) is 2.27. The number of nitrogens with one attached hydrogen (secondary N) is 1. The van der Waals surface area contributed by atoms with Gasteiger partial charge in [0.2, 0.25) is 0 Å². The average Bonchev–Trinajstić information content (AvgIpc) is 2.17. The van der Waals surface area contributed by atoms with Crippen LogP contribution in [0.1, 0.15) is 17.7 Å². The van der Waals surface area contributed by atoms with Gasteiger partial charge in [-0.1, -0.05) is 6.07 Å². The van der Waals surface area contributed by atoms with Crippen molar-refractivity contribution in [2.45, 2.75) is 19.0 Å². The summed E-state index contributed by atoms with van der Waals surface area (Å²) in [6, 6.07) is 4.30. The van der Waals surface area contributed by atoms with E-state index in [2.05, 4.69) is 31.7 Å². The van der Waals surface area contributed by atoms with Crippen molar-refractivity contribution < 1.29 is 0 Å². The molecule has 1 aliphatic heterocycles. The van der Waals surface area contributed by atoms with Crippen LogP contribution in [0, 0.1) is 0 Å². The Morgan fingerprint density at radius 2 is 2.42 bits per heavy atom. The van der Waals surface area contributed by atoms with Gasteiger partial charge in [-0.2, -0.15) is 0 Å². The first-order valence-electron chi connectivity index (χ1n) is 4.33. The van der Waals surface area contributed by atoms with Crippen LogP contribution >= 0.6 is 9.24 Å². The maximum Gasteiger partial charge on any atom is 0.129 e. The number of nitrogens with zero attached hydrogens (tertiary/aromatic N) is 1. The van der Waals surface area contributed by atoms with Gasteiger partial charge in [-0.05, 0) is 24.5 Å². The van der Waals surface area contributed by atoms with Crippen molar-refractivity contribution in [1.29, 1.82) is 0 Å². The molecule has 2 rings (SSSR count). The minimum atomic E-state index is 0.939. The van der Waals surface area contributed by atoms with Gasteiger partial charge in [0, 0.05) is 18.4 Å². The van der Waals surface area contributed by atoms with Crippen LogP contribution in [-0.4, -0.2) is 11.5 Å². The van der Waals surface area contributed by atoms with E-state index in [1.807, 2.05) is 0 Å². The van der Waals surface area contributed by atoms with Crippen molar-refractivity contribution >= 4 is 15.1 Å². The van der Waals surface area contributed by atoms with Gasteiger partial charge in [-0.15, -0.1) is 9.24 Å². The van der Waals surface area contributed by atoms with Crippen LogP contribution in [0.2, 0.25) is 0 Å². The molecular formula is C9H13N2P. The molecule has 64 valence electrons. The predicted octanol–water partition coefficient (Wildman–Crippen LogP) is 1.81.